The van der Waals surface area contributed by atoms with Gasteiger partial charge in [0, 0.05) is 24.5 Å². The second kappa shape index (κ2) is 7.85. The number of para-hydroxylation sites is 1. The average Bonchev–Trinajstić information content (AvgIpc) is 2.61. The lowest BCUT2D eigenvalue weighted by Gasteiger charge is -2.30. The zero-order chi connectivity index (χ0) is 18.7. The van der Waals surface area contributed by atoms with E-state index in [2.05, 4.69) is 42.1 Å². The first-order valence-electron chi connectivity index (χ1n) is 9.45. The molecule has 0 aliphatic carbocycles. The largest absolute Gasteiger partial charge is 0.337 e. The molecule has 0 atom stereocenters. The highest BCUT2D eigenvalue weighted by atomic mass is 16.2. The minimum Gasteiger partial charge on any atom is -0.337 e. The van der Waals surface area contributed by atoms with E-state index in [1.54, 1.807) is 6.07 Å². The summed E-state index contributed by atoms with van der Waals surface area (Å²) in [6, 6.07) is 9.92. The van der Waals surface area contributed by atoms with E-state index in [4.69, 9.17) is 0 Å². The zero-order valence-electron chi connectivity index (χ0n) is 16.1. The molecule has 1 aliphatic rings. The van der Waals surface area contributed by atoms with Gasteiger partial charge >= 0.3 is 0 Å². The summed E-state index contributed by atoms with van der Waals surface area (Å²) in [6.07, 6.45) is 2.12. The molecule has 1 saturated heterocycles. The van der Waals surface area contributed by atoms with Crippen molar-refractivity contribution in [2.45, 2.75) is 46.5 Å². The van der Waals surface area contributed by atoms with Crippen molar-refractivity contribution in [3.05, 3.63) is 47.3 Å². The lowest BCUT2D eigenvalue weighted by molar-refractivity contribution is 0.0691. The number of likely N-dealkylation sites (tertiary alicyclic amines) is 1. The number of nitrogens with zero attached hydrogens (tertiary/aromatic N) is 3. The van der Waals surface area contributed by atoms with Crippen LogP contribution >= 0.6 is 0 Å². The number of aromatic nitrogens is 2. The van der Waals surface area contributed by atoms with Gasteiger partial charge in [-0.25, -0.2) is 9.97 Å². The molecule has 1 amide bonds. The Kier molecular flexibility index (Phi) is 5.55. The van der Waals surface area contributed by atoms with Gasteiger partial charge in [0.1, 0.15) is 5.69 Å². The number of piperidine rings is 1. The smallest absolute Gasteiger partial charge is 0.272 e. The topological polar surface area (TPSA) is 58.1 Å². The summed E-state index contributed by atoms with van der Waals surface area (Å²) in [7, 11) is 0. The molecule has 1 aromatic carbocycles. The first-order chi connectivity index (χ1) is 12.4. The van der Waals surface area contributed by atoms with Gasteiger partial charge in [-0.15, -0.1) is 0 Å². The molecule has 1 N–H and O–H groups in total. The van der Waals surface area contributed by atoms with Gasteiger partial charge in [-0.2, -0.15) is 0 Å². The summed E-state index contributed by atoms with van der Waals surface area (Å²) < 4.78 is 0. The van der Waals surface area contributed by atoms with E-state index in [-0.39, 0.29) is 5.91 Å². The molecule has 2 heterocycles. The summed E-state index contributed by atoms with van der Waals surface area (Å²) in [5, 5.41) is 3.31. The number of carbonyl (C=O) groups excluding carboxylic acids is 1. The molecular formula is C21H28N4O. The number of nitrogens with one attached hydrogen (secondary N) is 1. The van der Waals surface area contributed by atoms with Gasteiger partial charge in [-0.05, 0) is 49.3 Å². The number of aryl methyl sites for hydroxylation is 1. The number of rotatable bonds is 4. The van der Waals surface area contributed by atoms with Crippen LogP contribution in [0, 0.1) is 12.8 Å². The highest BCUT2D eigenvalue weighted by molar-refractivity contribution is 5.92. The number of carbonyl (C=O) groups is 1. The highest BCUT2D eigenvalue weighted by Crippen LogP contribution is 2.26. The molecule has 1 aromatic heterocycles. The van der Waals surface area contributed by atoms with Crippen molar-refractivity contribution in [3.63, 3.8) is 0 Å². The first-order valence-corrected chi connectivity index (χ1v) is 9.45. The number of amides is 1. The molecule has 0 saturated carbocycles. The Bertz CT molecular complexity index is 779. The molecule has 138 valence electrons. The van der Waals surface area contributed by atoms with E-state index in [1.165, 1.54) is 5.56 Å². The third-order valence-corrected chi connectivity index (χ3v) is 4.97. The van der Waals surface area contributed by atoms with Crippen molar-refractivity contribution in [2.75, 3.05) is 18.4 Å². The standard InChI is InChI=1S/C21H28N4O/c1-14(2)17-7-5-6-8-18(17)23-21-22-16(4)13-19(24-21)20(26)25-11-9-15(3)10-12-25/h5-8,13-15H,9-12H2,1-4H3,(H,22,23,24). The van der Waals surface area contributed by atoms with Crippen molar-refractivity contribution >= 4 is 17.5 Å². The van der Waals surface area contributed by atoms with Crippen LogP contribution in [0.4, 0.5) is 11.6 Å². The Labute approximate surface area is 155 Å². The van der Waals surface area contributed by atoms with Crippen molar-refractivity contribution in [1.29, 1.82) is 0 Å². The molecule has 3 rings (SSSR count). The highest BCUT2D eigenvalue weighted by Gasteiger charge is 2.23. The fourth-order valence-corrected chi connectivity index (χ4v) is 3.34. The van der Waals surface area contributed by atoms with Gasteiger partial charge < -0.3 is 10.2 Å². The van der Waals surface area contributed by atoms with Crippen LogP contribution in [0.25, 0.3) is 0 Å². The molecule has 2 aromatic rings. The molecule has 1 aliphatic heterocycles. The van der Waals surface area contributed by atoms with Crippen LogP contribution < -0.4 is 5.32 Å². The van der Waals surface area contributed by atoms with Crippen LogP contribution in [0.15, 0.2) is 30.3 Å². The van der Waals surface area contributed by atoms with Crippen LogP contribution in [0.2, 0.25) is 0 Å². The molecular weight excluding hydrogens is 324 g/mol. The Morgan fingerprint density at radius 3 is 2.58 bits per heavy atom. The van der Waals surface area contributed by atoms with Crippen molar-refractivity contribution in [3.8, 4) is 0 Å². The fraction of sp³-hybridized carbons (Fsp3) is 0.476. The van der Waals surface area contributed by atoms with Crippen molar-refractivity contribution < 1.29 is 4.79 Å². The second-order valence-electron chi connectivity index (χ2n) is 7.56. The predicted octanol–water partition coefficient (Wildman–Crippen LogP) is 4.52. The van der Waals surface area contributed by atoms with Gasteiger partial charge in [0.2, 0.25) is 5.95 Å². The van der Waals surface area contributed by atoms with E-state index in [9.17, 15) is 4.79 Å². The van der Waals surface area contributed by atoms with Crippen LogP contribution in [0.1, 0.15) is 61.3 Å². The number of hydrogen-bond acceptors (Lipinski definition) is 4. The van der Waals surface area contributed by atoms with E-state index in [0.29, 0.717) is 23.5 Å². The molecule has 0 bridgehead atoms. The van der Waals surface area contributed by atoms with Gasteiger partial charge in [0.05, 0.1) is 0 Å². The summed E-state index contributed by atoms with van der Waals surface area (Å²) in [6.45, 7) is 10.1. The van der Waals surface area contributed by atoms with Crippen LogP contribution in [-0.2, 0) is 0 Å². The molecule has 26 heavy (non-hydrogen) atoms. The molecule has 0 spiro atoms. The van der Waals surface area contributed by atoms with Gasteiger partial charge in [0.25, 0.3) is 5.91 Å². The number of benzene rings is 1. The van der Waals surface area contributed by atoms with Gasteiger partial charge in [0.15, 0.2) is 0 Å². The van der Waals surface area contributed by atoms with E-state index >= 15 is 0 Å². The molecule has 0 radical (unpaired) electrons. The van der Waals surface area contributed by atoms with Crippen LogP contribution in [-0.4, -0.2) is 33.9 Å². The average molecular weight is 352 g/mol. The first kappa shape index (κ1) is 18.4. The Hall–Kier alpha value is -2.43. The summed E-state index contributed by atoms with van der Waals surface area (Å²) in [5.74, 6) is 1.56. The van der Waals surface area contributed by atoms with Gasteiger partial charge in [-0.3, -0.25) is 4.79 Å². The molecule has 0 unspecified atom stereocenters. The summed E-state index contributed by atoms with van der Waals surface area (Å²) in [4.78, 5) is 23.7. The van der Waals surface area contributed by atoms with Crippen LogP contribution in [0.3, 0.4) is 0 Å². The van der Waals surface area contributed by atoms with E-state index in [0.717, 1.165) is 37.3 Å². The lowest BCUT2D eigenvalue weighted by Crippen LogP contribution is -2.38. The van der Waals surface area contributed by atoms with Gasteiger partial charge in [-0.1, -0.05) is 39.0 Å². The van der Waals surface area contributed by atoms with Crippen molar-refractivity contribution in [2.24, 2.45) is 5.92 Å². The van der Waals surface area contributed by atoms with E-state index in [1.807, 2.05) is 30.0 Å². The summed E-state index contributed by atoms with van der Waals surface area (Å²) >= 11 is 0. The maximum absolute atomic E-state index is 12.8. The van der Waals surface area contributed by atoms with E-state index < -0.39 is 0 Å². The maximum atomic E-state index is 12.8. The molecule has 1 fully saturated rings. The Balaban J connectivity index is 1.83. The quantitative estimate of drug-likeness (QED) is 0.878. The Morgan fingerprint density at radius 1 is 1.19 bits per heavy atom. The minimum atomic E-state index is 0.00240. The maximum Gasteiger partial charge on any atom is 0.272 e. The second-order valence-corrected chi connectivity index (χ2v) is 7.56. The number of hydrogen-bond donors (Lipinski definition) is 1. The monoisotopic (exact) mass is 352 g/mol. The third-order valence-electron chi connectivity index (χ3n) is 4.97. The summed E-state index contributed by atoms with van der Waals surface area (Å²) in [5.41, 5.74) is 3.45. The SMILES string of the molecule is Cc1cc(C(=O)N2CCC(C)CC2)nc(Nc2ccccc2C(C)C)n1. The lowest BCUT2D eigenvalue weighted by atomic mass is 9.99. The fourth-order valence-electron chi connectivity index (χ4n) is 3.34. The molecule has 5 heteroatoms. The Morgan fingerprint density at radius 2 is 1.88 bits per heavy atom. The zero-order valence-corrected chi connectivity index (χ0v) is 16.1. The molecule has 5 nitrogen and oxygen atoms in total. The third kappa shape index (κ3) is 4.21. The van der Waals surface area contributed by atoms with Crippen molar-refractivity contribution in [1.82, 2.24) is 14.9 Å². The normalized spacial score (nSPS) is 15.3. The minimum absolute atomic E-state index is 0.00240. The number of anilines is 2. The predicted molar refractivity (Wildman–Crippen MR) is 105 cm³/mol. The van der Waals surface area contributed by atoms with Crippen LogP contribution in [0.5, 0.6) is 0 Å².